The Morgan fingerprint density at radius 2 is 1.83 bits per heavy atom. The highest BCUT2D eigenvalue weighted by Gasteiger charge is 2.05. The first-order chi connectivity index (χ1) is 11.7. The van der Waals surface area contributed by atoms with Gasteiger partial charge in [-0.3, -0.25) is 9.78 Å². The van der Waals surface area contributed by atoms with E-state index in [1.165, 1.54) is 0 Å². The number of alkyl halides is 1. The molecule has 0 saturated heterocycles. The van der Waals surface area contributed by atoms with E-state index in [4.69, 9.17) is 11.6 Å². The number of rotatable bonds is 5. The summed E-state index contributed by atoms with van der Waals surface area (Å²) in [5.41, 5.74) is 2.89. The van der Waals surface area contributed by atoms with Crippen LogP contribution in [0.15, 0.2) is 60.9 Å². The fourth-order valence-corrected chi connectivity index (χ4v) is 2.14. The van der Waals surface area contributed by atoms with Crippen LogP contribution in [0.1, 0.15) is 0 Å². The summed E-state index contributed by atoms with van der Waals surface area (Å²) in [6.45, 7) is 0. The van der Waals surface area contributed by atoms with E-state index in [0.29, 0.717) is 11.6 Å². The van der Waals surface area contributed by atoms with Crippen molar-refractivity contribution in [3.05, 3.63) is 60.9 Å². The van der Waals surface area contributed by atoms with E-state index >= 15 is 0 Å². The van der Waals surface area contributed by atoms with Crippen LogP contribution in [-0.2, 0) is 4.79 Å². The van der Waals surface area contributed by atoms with E-state index in [1.807, 2.05) is 30.3 Å². The van der Waals surface area contributed by atoms with Crippen molar-refractivity contribution in [1.29, 1.82) is 0 Å². The lowest BCUT2D eigenvalue weighted by atomic mass is 10.2. The summed E-state index contributed by atoms with van der Waals surface area (Å²) in [7, 11) is 0. The first-order valence-corrected chi connectivity index (χ1v) is 7.75. The minimum atomic E-state index is -0.262. The molecule has 2 N–H and O–H groups in total. The summed E-state index contributed by atoms with van der Waals surface area (Å²) < 4.78 is 0. The molecule has 0 aliphatic rings. The van der Waals surface area contributed by atoms with Gasteiger partial charge in [0, 0.05) is 23.8 Å². The molecule has 0 aliphatic heterocycles. The third-order valence-corrected chi connectivity index (χ3v) is 3.35. The first kappa shape index (κ1) is 15.9. The second-order valence-corrected chi connectivity index (χ2v) is 5.14. The second-order valence-electron chi connectivity index (χ2n) is 4.87. The number of benzene rings is 1. The van der Waals surface area contributed by atoms with E-state index in [-0.39, 0.29) is 11.8 Å². The number of nitrogens with one attached hydrogen (secondary N) is 2. The molecule has 0 unspecified atom stereocenters. The highest BCUT2D eigenvalue weighted by atomic mass is 35.5. The van der Waals surface area contributed by atoms with Crippen LogP contribution in [0.2, 0.25) is 0 Å². The Kier molecular flexibility index (Phi) is 4.98. The van der Waals surface area contributed by atoms with Crippen LogP contribution in [0.4, 0.5) is 17.3 Å². The molecule has 0 aliphatic carbocycles. The van der Waals surface area contributed by atoms with Gasteiger partial charge in [0.05, 0.1) is 11.4 Å². The molecule has 0 fully saturated rings. The van der Waals surface area contributed by atoms with Crippen LogP contribution < -0.4 is 10.6 Å². The lowest BCUT2D eigenvalue weighted by Crippen LogP contribution is -2.12. The molecule has 7 heteroatoms. The first-order valence-electron chi connectivity index (χ1n) is 7.22. The van der Waals surface area contributed by atoms with Crippen molar-refractivity contribution in [3.8, 4) is 11.4 Å². The molecule has 0 bridgehead atoms. The van der Waals surface area contributed by atoms with Crippen molar-refractivity contribution < 1.29 is 4.79 Å². The molecule has 0 atom stereocenters. The van der Waals surface area contributed by atoms with Gasteiger partial charge < -0.3 is 10.6 Å². The van der Waals surface area contributed by atoms with E-state index in [0.717, 1.165) is 17.1 Å². The second kappa shape index (κ2) is 7.52. The number of halogens is 1. The maximum Gasteiger partial charge on any atom is 0.239 e. The van der Waals surface area contributed by atoms with Crippen LogP contribution in [0.25, 0.3) is 11.4 Å². The molecular weight excluding hydrogens is 326 g/mol. The van der Waals surface area contributed by atoms with Crippen molar-refractivity contribution in [2.24, 2.45) is 0 Å². The lowest BCUT2D eigenvalue weighted by Gasteiger charge is -2.08. The smallest absolute Gasteiger partial charge is 0.239 e. The predicted molar refractivity (Wildman–Crippen MR) is 94.3 cm³/mol. The number of pyridine rings is 1. The summed E-state index contributed by atoms with van der Waals surface area (Å²) in [5, 5.41) is 5.80. The van der Waals surface area contributed by atoms with Crippen LogP contribution in [0.5, 0.6) is 0 Å². The van der Waals surface area contributed by atoms with E-state index < -0.39 is 0 Å². The summed E-state index contributed by atoms with van der Waals surface area (Å²) in [6.07, 6.45) is 3.38. The molecule has 1 aromatic carbocycles. The normalized spacial score (nSPS) is 10.2. The van der Waals surface area contributed by atoms with E-state index in [2.05, 4.69) is 25.6 Å². The quantitative estimate of drug-likeness (QED) is 0.696. The Labute approximate surface area is 143 Å². The molecule has 2 aromatic heterocycles. The molecule has 0 spiro atoms. The van der Waals surface area contributed by atoms with Crippen molar-refractivity contribution in [3.63, 3.8) is 0 Å². The van der Waals surface area contributed by atoms with Gasteiger partial charge in [0.2, 0.25) is 11.9 Å². The number of carbonyl (C=O) groups excluding carboxylic acids is 1. The highest BCUT2D eigenvalue weighted by molar-refractivity contribution is 6.29. The zero-order valence-electron chi connectivity index (χ0n) is 12.6. The Morgan fingerprint density at radius 3 is 2.62 bits per heavy atom. The third-order valence-electron chi connectivity index (χ3n) is 3.11. The van der Waals surface area contributed by atoms with Crippen molar-refractivity contribution in [2.75, 3.05) is 16.5 Å². The Hall–Kier alpha value is -2.99. The lowest BCUT2D eigenvalue weighted by molar-refractivity contribution is -0.113. The summed E-state index contributed by atoms with van der Waals surface area (Å²) >= 11 is 5.49. The van der Waals surface area contributed by atoms with Gasteiger partial charge in [-0.2, -0.15) is 0 Å². The van der Waals surface area contributed by atoms with Crippen molar-refractivity contribution in [1.82, 2.24) is 15.0 Å². The molecule has 24 heavy (non-hydrogen) atoms. The van der Waals surface area contributed by atoms with Crippen LogP contribution in [0.3, 0.4) is 0 Å². The standard InChI is InChI=1S/C17H14ClN5O/c18-11-16(24)21-12-4-3-5-13(10-12)22-17-20-9-7-15(23-17)14-6-1-2-8-19-14/h1-10H,11H2,(H,21,24)(H,20,22,23). The number of hydrogen-bond acceptors (Lipinski definition) is 5. The molecule has 120 valence electrons. The van der Waals surface area contributed by atoms with Gasteiger partial charge >= 0.3 is 0 Å². The SMILES string of the molecule is O=C(CCl)Nc1cccc(Nc2nccc(-c3ccccn3)n2)c1. The molecular formula is C17H14ClN5O. The molecule has 0 radical (unpaired) electrons. The number of hydrogen-bond donors (Lipinski definition) is 2. The topological polar surface area (TPSA) is 79.8 Å². The highest BCUT2D eigenvalue weighted by Crippen LogP contribution is 2.20. The van der Waals surface area contributed by atoms with Gasteiger partial charge in [-0.1, -0.05) is 12.1 Å². The fourth-order valence-electron chi connectivity index (χ4n) is 2.07. The maximum atomic E-state index is 11.4. The molecule has 3 rings (SSSR count). The maximum absolute atomic E-state index is 11.4. The minimum Gasteiger partial charge on any atom is -0.325 e. The van der Waals surface area contributed by atoms with Gasteiger partial charge in [0.1, 0.15) is 5.88 Å². The number of nitrogens with zero attached hydrogens (tertiary/aromatic N) is 3. The van der Waals surface area contributed by atoms with Crippen LogP contribution >= 0.6 is 11.6 Å². The number of anilines is 3. The monoisotopic (exact) mass is 339 g/mol. The largest absolute Gasteiger partial charge is 0.325 e. The Balaban J connectivity index is 1.79. The van der Waals surface area contributed by atoms with E-state index in [9.17, 15) is 4.79 Å². The third kappa shape index (κ3) is 4.05. The van der Waals surface area contributed by atoms with Crippen molar-refractivity contribution >= 4 is 34.8 Å². The van der Waals surface area contributed by atoms with Gasteiger partial charge in [0.25, 0.3) is 0 Å². The fraction of sp³-hybridized carbons (Fsp3) is 0.0588. The molecule has 0 saturated carbocycles. The number of aromatic nitrogens is 3. The average Bonchev–Trinajstić information content (AvgIpc) is 2.63. The Morgan fingerprint density at radius 1 is 0.958 bits per heavy atom. The van der Waals surface area contributed by atoms with Gasteiger partial charge in [-0.25, -0.2) is 9.97 Å². The zero-order chi connectivity index (χ0) is 16.8. The van der Waals surface area contributed by atoms with Gasteiger partial charge in [-0.05, 0) is 36.4 Å². The van der Waals surface area contributed by atoms with E-state index in [1.54, 1.807) is 30.6 Å². The zero-order valence-corrected chi connectivity index (χ0v) is 13.4. The molecule has 1 amide bonds. The molecule has 6 nitrogen and oxygen atoms in total. The Bertz CT molecular complexity index is 841. The average molecular weight is 340 g/mol. The van der Waals surface area contributed by atoms with Gasteiger partial charge in [0.15, 0.2) is 0 Å². The number of amides is 1. The molecule has 2 heterocycles. The predicted octanol–water partition coefficient (Wildman–Crippen LogP) is 3.46. The summed E-state index contributed by atoms with van der Waals surface area (Å²) in [4.78, 5) is 24.3. The minimum absolute atomic E-state index is 0.0904. The summed E-state index contributed by atoms with van der Waals surface area (Å²) in [6, 6.07) is 14.7. The van der Waals surface area contributed by atoms with Crippen molar-refractivity contribution in [2.45, 2.75) is 0 Å². The van der Waals surface area contributed by atoms with Gasteiger partial charge in [-0.15, -0.1) is 11.6 Å². The molecule has 3 aromatic rings. The summed E-state index contributed by atoms with van der Waals surface area (Å²) in [5.74, 6) is 0.0913. The van der Waals surface area contributed by atoms with Crippen LogP contribution in [0, 0.1) is 0 Å². The number of carbonyl (C=O) groups is 1. The van der Waals surface area contributed by atoms with Crippen LogP contribution in [-0.4, -0.2) is 26.7 Å².